The SMILES string of the molecule is CCNC(Cc1ccccc1)C(OCC)C1CC1. The number of likely N-dealkylation sites (N-methyl/N-ethyl adjacent to an activating group) is 1. The topological polar surface area (TPSA) is 21.3 Å². The molecular formula is C16H25NO. The summed E-state index contributed by atoms with van der Waals surface area (Å²) in [5, 5.41) is 3.61. The van der Waals surface area contributed by atoms with Crippen LogP contribution in [0, 0.1) is 5.92 Å². The lowest BCUT2D eigenvalue weighted by Gasteiger charge is -2.28. The van der Waals surface area contributed by atoms with Crippen LogP contribution in [-0.4, -0.2) is 25.3 Å². The quantitative estimate of drug-likeness (QED) is 0.762. The van der Waals surface area contributed by atoms with Crippen LogP contribution in [0.1, 0.15) is 32.3 Å². The number of ether oxygens (including phenoxy) is 1. The van der Waals surface area contributed by atoms with Crippen molar-refractivity contribution in [1.29, 1.82) is 0 Å². The highest BCUT2D eigenvalue weighted by molar-refractivity contribution is 5.16. The van der Waals surface area contributed by atoms with E-state index in [-0.39, 0.29) is 0 Å². The zero-order valence-corrected chi connectivity index (χ0v) is 11.6. The second-order valence-corrected chi connectivity index (χ2v) is 5.11. The lowest BCUT2D eigenvalue weighted by atomic mass is 9.98. The molecule has 0 spiro atoms. The Morgan fingerprint density at radius 3 is 2.50 bits per heavy atom. The van der Waals surface area contributed by atoms with Gasteiger partial charge in [-0.15, -0.1) is 0 Å². The van der Waals surface area contributed by atoms with Crippen LogP contribution in [0.3, 0.4) is 0 Å². The van der Waals surface area contributed by atoms with Gasteiger partial charge in [-0.2, -0.15) is 0 Å². The van der Waals surface area contributed by atoms with Crippen LogP contribution >= 0.6 is 0 Å². The standard InChI is InChI=1S/C16H25NO/c1-3-17-15(12-13-8-6-5-7-9-13)16(18-4-2)14-10-11-14/h5-9,14-17H,3-4,10-12H2,1-2H3. The van der Waals surface area contributed by atoms with Gasteiger partial charge in [0.2, 0.25) is 0 Å². The Morgan fingerprint density at radius 1 is 1.22 bits per heavy atom. The van der Waals surface area contributed by atoms with Gasteiger partial charge in [-0.1, -0.05) is 37.3 Å². The molecule has 2 unspecified atom stereocenters. The summed E-state index contributed by atoms with van der Waals surface area (Å²) in [6.07, 6.45) is 4.12. The molecule has 1 saturated carbocycles. The van der Waals surface area contributed by atoms with E-state index in [1.165, 1.54) is 18.4 Å². The van der Waals surface area contributed by atoms with E-state index in [1.54, 1.807) is 0 Å². The molecule has 18 heavy (non-hydrogen) atoms. The minimum atomic E-state index is 0.384. The first-order valence-electron chi connectivity index (χ1n) is 7.24. The number of nitrogens with one attached hydrogen (secondary N) is 1. The van der Waals surface area contributed by atoms with Crippen LogP contribution in [0.15, 0.2) is 30.3 Å². The predicted molar refractivity (Wildman–Crippen MR) is 75.7 cm³/mol. The van der Waals surface area contributed by atoms with Crippen LogP contribution in [0.25, 0.3) is 0 Å². The van der Waals surface area contributed by atoms with Gasteiger partial charge in [0.25, 0.3) is 0 Å². The molecule has 0 bridgehead atoms. The van der Waals surface area contributed by atoms with Crippen molar-refractivity contribution >= 4 is 0 Å². The van der Waals surface area contributed by atoms with E-state index >= 15 is 0 Å². The largest absolute Gasteiger partial charge is 0.377 e. The normalized spacial score (nSPS) is 18.6. The van der Waals surface area contributed by atoms with Gasteiger partial charge in [0.1, 0.15) is 0 Å². The molecule has 1 N–H and O–H groups in total. The van der Waals surface area contributed by atoms with Crippen molar-refractivity contribution < 1.29 is 4.74 Å². The molecule has 100 valence electrons. The first-order valence-corrected chi connectivity index (χ1v) is 7.24. The molecule has 2 heteroatoms. The second-order valence-electron chi connectivity index (χ2n) is 5.11. The summed E-state index contributed by atoms with van der Waals surface area (Å²) >= 11 is 0. The van der Waals surface area contributed by atoms with Crippen molar-refractivity contribution in [3.8, 4) is 0 Å². The predicted octanol–water partition coefficient (Wildman–Crippen LogP) is 3.02. The van der Waals surface area contributed by atoms with Gasteiger partial charge in [0, 0.05) is 12.6 Å². The third-order valence-electron chi connectivity index (χ3n) is 3.61. The lowest BCUT2D eigenvalue weighted by molar-refractivity contribution is 0.0196. The zero-order chi connectivity index (χ0) is 12.8. The smallest absolute Gasteiger partial charge is 0.0759 e. The van der Waals surface area contributed by atoms with Gasteiger partial charge in [0.05, 0.1) is 6.10 Å². The van der Waals surface area contributed by atoms with Crippen molar-refractivity contribution in [2.24, 2.45) is 5.92 Å². The molecule has 2 rings (SSSR count). The Kier molecular flexibility index (Phi) is 5.21. The Morgan fingerprint density at radius 2 is 1.94 bits per heavy atom. The Labute approximate surface area is 111 Å². The summed E-state index contributed by atoms with van der Waals surface area (Å²) in [4.78, 5) is 0. The summed E-state index contributed by atoms with van der Waals surface area (Å²) in [6, 6.07) is 11.2. The van der Waals surface area contributed by atoms with Crippen molar-refractivity contribution in [2.45, 2.75) is 45.3 Å². The van der Waals surface area contributed by atoms with Crippen LogP contribution in [0.5, 0.6) is 0 Å². The average molecular weight is 247 g/mol. The van der Waals surface area contributed by atoms with Crippen LogP contribution in [-0.2, 0) is 11.2 Å². The molecule has 1 aliphatic rings. The van der Waals surface area contributed by atoms with Gasteiger partial charge in [0.15, 0.2) is 0 Å². The van der Waals surface area contributed by atoms with Crippen LogP contribution < -0.4 is 5.32 Å². The zero-order valence-electron chi connectivity index (χ0n) is 11.6. The summed E-state index contributed by atoms with van der Waals surface area (Å²) in [5.41, 5.74) is 1.40. The molecule has 0 aliphatic heterocycles. The molecule has 2 nitrogen and oxygen atoms in total. The molecule has 1 aromatic carbocycles. The van der Waals surface area contributed by atoms with Gasteiger partial charge < -0.3 is 10.1 Å². The van der Waals surface area contributed by atoms with Crippen LogP contribution in [0.4, 0.5) is 0 Å². The molecule has 0 radical (unpaired) electrons. The Hall–Kier alpha value is -0.860. The average Bonchev–Trinajstić information content (AvgIpc) is 3.21. The maximum atomic E-state index is 5.99. The van der Waals surface area contributed by atoms with E-state index in [0.717, 1.165) is 25.5 Å². The van der Waals surface area contributed by atoms with Gasteiger partial charge in [-0.25, -0.2) is 0 Å². The third kappa shape index (κ3) is 3.82. The number of hydrogen-bond donors (Lipinski definition) is 1. The van der Waals surface area contributed by atoms with Crippen molar-refractivity contribution in [3.63, 3.8) is 0 Å². The maximum absolute atomic E-state index is 5.99. The Bertz CT molecular complexity index is 334. The highest BCUT2D eigenvalue weighted by Gasteiger charge is 2.36. The van der Waals surface area contributed by atoms with Crippen molar-refractivity contribution in [2.75, 3.05) is 13.2 Å². The maximum Gasteiger partial charge on any atom is 0.0759 e. The molecule has 0 saturated heterocycles. The van der Waals surface area contributed by atoms with Crippen molar-refractivity contribution in [3.05, 3.63) is 35.9 Å². The first-order chi connectivity index (χ1) is 8.85. The highest BCUT2D eigenvalue weighted by Crippen LogP contribution is 2.36. The van der Waals surface area contributed by atoms with E-state index in [0.29, 0.717) is 12.1 Å². The van der Waals surface area contributed by atoms with E-state index in [1.807, 2.05) is 0 Å². The van der Waals surface area contributed by atoms with Gasteiger partial charge in [-0.3, -0.25) is 0 Å². The molecule has 1 aliphatic carbocycles. The lowest BCUT2D eigenvalue weighted by Crippen LogP contribution is -2.44. The van der Waals surface area contributed by atoms with E-state index < -0.39 is 0 Å². The molecule has 0 amide bonds. The summed E-state index contributed by atoms with van der Waals surface area (Å²) in [6.45, 7) is 6.10. The fraction of sp³-hybridized carbons (Fsp3) is 0.625. The first kappa shape index (κ1) is 13.6. The minimum Gasteiger partial charge on any atom is -0.377 e. The molecule has 0 heterocycles. The van der Waals surface area contributed by atoms with Gasteiger partial charge >= 0.3 is 0 Å². The van der Waals surface area contributed by atoms with E-state index in [2.05, 4.69) is 49.5 Å². The second kappa shape index (κ2) is 6.91. The molecular weight excluding hydrogens is 222 g/mol. The molecule has 2 atom stereocenters. The number of rotatable bonds is 8. The van der Waals surface area contributed by atoms with E-state index in [4.69, 9.17) is 4.74 Å². The van der Waals surface area contributed by atoms with Crippen molar-refractivity contribution in [1.82, 2.24) is 5.32 Å². The summed E-state index contributed by atoms with van der Waals surface area (Å²) in [5.74, 6) is 0.776. The fourth-order valence-electron chi connectivity index (χ4n) is 2.63. The molecule has 1 fully saturated rings. The summed E-state index contributed by atoms with van der Waals surface area (Å²) < 4.78 is 5.99. The number of benzene rings is 1. The monoisotopic (exact) mass is 247 g/mol. The molecule has 0 aromatic heterocycles. The third-order valence-corrected chi connectivity index (χ3v) is 3.61. The minimum absolute atomic E-state index is 0.384. The number of hydrogen-bond acceptors (Lipinski definition) is 2. The Balaban J connectivity index is 2.01. The highest BCUT2D eigenvalue weighted by atomic mass is 16.5. The van der Waals surface area contributed by atoms with Crippen LogP contribution in [0.2, 0.25) is 0 Å². The summed E-state index contributed by atoms with van der Waals surface area (Å²) in [7, 11) is 0. The van der Waals surface area contributed by atoms with E-state index in [9.17, 15) is 0 Å². The molecule has 1 aromatic rings. The van der Waals surface area contributed by atoms with Gasteiger partial charge in [-0.05, 0) is 44.2 Å². The fourth-order valence-corrected chi connectivity index (χ4v) is 2.63.